The molecule has 0 unspecified atom stereocenters. The smallest absolute Gasteiger partial charge is 0.305 e. The van der Waals surface area contributed by atoms with Crippen molar-refractivity contribution in [1.29, 1.82) is 0 Å². The lowest BCUT2D eigenvalue weighted by molar-refractivity contribution is -0.150. The summed E-state index contributed by atoms with van der Waals surface area (Å²) in [6.45, 7) is 2.12. The van der Waals surface area contributed by atoms with Gasteiger partial charge < -0.3 is 24.7 Å². The molecule has 10 heteroatoms. The summed E-state index contributed by atoms with van der Waals surface area (Å²) in [5, 5.41) is 21.1. The Morgan fingerprint density at radius 3 is 2.38 bits per heavy atom. The molecule has 1 fully saturated rings. The second-order valence-electron chi connectivity index (χ2n) is 10.4. The topological polar surface area (TPSA) is 135 Å². The number of carbonyl (C=O) groups is 1. The Hall–Kier alpha value is -2.56. The van der Waals surface area contributed by atoms with E-state index in [9.17, 15) is 15.0 Å². The maximum absolute atomic E-state index is 12.2. The number of fused-ring (bicyclic) bond motifs is 1. The fourth-order valence-corrected chi connectivity index (χ4v) is 4.95. The molecule has 3 heterocycles. The molecule has 0 bridgehead atoms. The molecule has 218 valence electrons. The quantitative estimate of drug-likeness (QED) is 0.143. The molecule has 39 heavy (non-hydrogen) atoms. The average Bonchev–Trinajstić information content (AvgIpc) is 3.53. The van der Waals surface area contributed by atoms with E-state index in [1.54, 1.807) is 11.6 Å². The van der Waals surface area contributed by atoms with Crippen LogP contribution in [0.15, 0.2) is 29.8 Å². The number of nitrogens with one attached hydrogen (secondary N) is 1. The molecule has 0 aliphatic carbocycles. The van der Waals surface area contributed by atoms with Gasteiger partial charge in [-0.25, -0.2) is 9.97 Å². The van der Waals surface area contributed by atoms with Crippen LogP contribution in [0.1, 0.15) is 103 Å². The first-order chi connectivity index (χ1) is 19.1. The summed E-state index contributed by atoms with van der Waals surface area (Å²) < 4.78 is 12.8. The van der Waals surface area contributed by atoms with E-state index in [4.69, 9.17) is 9.47 Å². The van der Waals surface area contributed by atoms with Crippen molar-refractivity contribution in [2.75, 3.05) is 13.7 Å². The van der Waals surface area contributed by atoms with Crippen molar-refractivity contribution in [3.05, 3.63) is 30.3 Å². The molecule has 0 amide bonds. The van der Waals surface area contributed by atoms with Crippen molar-refractivity contribution >= 4 is 17.1 Å². The Morgan fingerprint density at radius 2 is 1.69 bits per heavy atom. The van der Waals surface area contributed by atoms with Gasteiger partial charge in [0.05, 0.1) is 6.33 Å². The fraction of sp³-hybridized carbons (Fsp3) is 0.724. The second kappa shape index (κ2) is 17.2. The van der Waals surface area contributed by atoms with Crippen LogP contribution in [0.25, 0.3) is 11.2 Å². The van der Waals surface area contributed by atoms with E-state index in [1.807, 2.05) is 0 Å². The summed E-state index contributed by atoms with van der Waals surface area (Å²) in [4.78, 5) is 27.8. The number of hydrogen-bond donors (Lipinski definition) is 3. The zero-order valence-electron chi connectivity index (χ0n) is 23.6. The summed E-state index contributed by atoms with van der Waals surface area (Å²) in [5.41, 5.74) is 1.57. The SMILES string of the molecule is CCCCCCCC/C=C/CCCCCCCC(=O)OC[C@H]1O[C@@H](n2cnc3nc[nH]c3c2=NC)[C@@H](O)[C@@H]1O. The number of allylic oxidation sites excluding steroid dienone is 2. The number of aliphatic hydroxyl groups is 2. The summed E-state index contributed by atoms with van der Waals surface area (Å²) in [6, 6.07) is 0. The number of ether oxygens (including phenoxy) is 2. The highest BCUT2D eigenvalue weighted by Crippen LogP contribution is 2.29. The van der Waals surface area contributed by atoms with Crippen molar-refractivity contribution in [3.8, 4) is 0 Å². The standard InChI is InChI=1S/C29H47N5O5/c1-3-4-5-6-7-8-9-10-11-12-13-14-15-16-17-18-23(35)38-19-22-25(36)26(37)29(39-22)34-21-33-27-24(28(34)30-2)31-20-32-27/h10-11,20-22,25-26,29,36-37H,3-9,12-19H2,1-2H3,(H,31,32)/b11-10+,30-28?/t22-,25-,26+,29-/m1/s1. The Bertz CT molecular complexity index is 1080. The highest BCUT2D eigenvalue weighted by Gasteiger charge is 2.44. The average molecular weight is 546 g/mol. The van der Waals surface area contributed by atoms with Crippen LogP contribution < -0.4 is 5.49 Å². The summed E-state index contributed by atoms with van der Waals surface area (Å²) in [6.07, 6.45) is 19.4. The molecule has 1 saturated heterocycles. The molecular weight excluding hydrogens is 498 g/mol. The Balaban J connectivity index is 1.26. The number of unbranched alkanes of at least 4 members (excludes halogenated alkanes) is 11. The van der Waals surface area contributed by atoms with Gasteiger partial charge in [-0.2, -0.15) is 0 Å². The van der Waals surface area contributed by atoms with Gasteiger partial charge in [-0.1, -0.05) is 70.4 Å². The van der Waals surface area contributed by atoms with Gasteiger partial charge in [-0.05, 0) is 32.1 Å². The number of carbonyl (C=O) groups excluding carboxylic acids is 1. The monoisotopic (exact) mass is 545 g/mol. The largest absolute Gasteiger partial charge is 0.463 e. The molecule has 0 saturated carbocycles. The van der Waals surface area contributed by atoms with Gasteiger partial charge in [-0.15, -0.1) is 0 Å². The highest BCUT2D eigenvalue weighted by atomic mass is 16.6. The van der Waals surface area contributed by atoms with Crippen LogP contribution in [-0.2, 0) is 14.3 Å². The molecule has 0 aromatic carbocycles. The third-order valence-corrected chi connectivity index (χ3v) is 7.27. The predicted octanol–water partition coefficient (Wildman–Crippen LogP) is 4.49. The first-order valence-corrected chi connectivity index (χ1v) is 14.7. The third-order valence-electron chi connectivity index (χ3n) is 7.27. The lowest BCUT2D eigenvalue weighted by atomic mass is 10.1. The predicted molar refractivity (Wildman–Crippen MR) is 150 cm³/mol. The van der Waals surface area contributed by atoms with Gasteiger partial charge in [0, 0.05) is 13.5 Å². The molecule has 4 atom stereocenters. The molecule has 3 rings (SSSR count). The Kier molecular flexibility index (Phi) is 13.7. The maximum Gasteiger partial charge on any atom is 0.305 e. The first-order valence-electron chi connectivity index (χ1n) is 14.7. The maximum atomic E-state index is 12.2. The van der Waals surface area contributed by atoms with Crippen LogP contribution in [0.2, 0.25) is 0 Å². The van der Waals surface area contributed by atoms with Gasteiger partial charge in [0.2, 0.25) is 0 Å². The fourth-order valence-electron chi connectivity index (χ4n) is 4.95. The molecule has 0 radical (unpaired) electrons. The minimum absolute atomic E-state index is 0.127. The third kappa shape index (κ3) is 9.54. The molecule has 1 aliphatic rings. The number of hydrogen-bond acceptors (Lipinski definition) is 8. The highest BCUT2D eigenvalue weighted by molar-refractivity contribution is 5.69. The molecular formula is C29H47N5O5. The second-order valence-corrected chi connectivity index (χ2v) is 10.4. The molecule has 2 aromatic rings. The number of rotatable bonds is 18. The number of aromatic nitrogens is 4. The molecule has 3 N–H and O–H groups in total. The number of H-pyrrole nitrogens is 1. The number of aliphatic hydroxyl groups excluding tert-OH is 2. The molecule has 10 nitrogen and oxygen atoms in total. The van der Waals surface area contributed by atoms with E-state index in [2.05, 4.69) is 39.0 Å². The van der Waals surface area contributed by atoms with Gasteiger partial charge >= 0.3 is 5.97 Å². The summed E-state index contributed by atoms with van der Waals surface area (Å²) in [5.74, 6) is -0.321. The Labute approximate surface area is 231 Å². The van der Waals surface area contributed by atoms with Gasteiger partial charge in [0.25, 0.3) is 0 Å². The van der Waals surface area contributed by atoms with Crippen molar-refractivity contribution < 1.29 is 24.5 Å². The van der Waals surface area contributed by atoms with Crippen molar-refractivity contribution in [2.45, 2.75) is 121 Å². The van der Waals surface area contributed by atoms with Crippen LogP contribution in [-0.4, -0.2) is 67.7 Å². The van der Waals surface area contributed by atoms with Gasteiger partial charge in [0.1, 0.15) is 36.8 Å². The molecule has 1 aliphatic heterocycles. The van der Waals surface area contributed by atoms with Gasteiger partial charge in [0.15, 0.2) is 17.4 Å². The zero-order chi connectivity index (χ0) is 27.9. The van der Waals surface area contributed by atoms with Crippen LogP contribution >= 0.6 is 0 Å². The summed E-state index contributed by atoms with van der Waals surface area (Å²) in [7, 11) is 1.61. The molecule has 2 aromatic heterocycles. The lowest BCUT2D eigenvalue weighted by Gasteiger charge is -2.18. The minimum Gasteiger partial charge on any atom is -0.463 e. The normalized spacial score (nSPS) is 21.9. The van der Waals surface area contributed by atoms with Crippen LogP contribution in [0.3, 0.4) is 0 Å². The molecule has 0 spiro atoms. The van der Waals surface area contributed by atoms with E-state index >= 15 is 0 Å². The van der Waals surface area contributed by atoms with Crippen LogP contribution in [0.5, 0.6) is 0 Å². The number of aromatic amines is 1. The van der Waals surface area contributed by atoms with Crippen LogP contribution in [0.4, 0.5) is 0 Å². The van der Waals surface area contributed by atoms with Crippen molar-refractivity contribution in [1.82, 2.24) is 19.5 Å². The van der Waals surface area contributed by atoms with Crippen molar-refractivity contribution in [2.24, 2.45) is 4.99 Å². The Morgan fingerprint density at radius 1 is 1.03 bits per heavy atom. The minimum atomic E-state index is -1.23. The van der Waals surface area contributed by atoms with Crippen LogP contribution in [0, 0.1) is 0 Å². The summed E-state index contributed by atoms with van der Waals surface area (Å²) >= 11 is 0. The van der Waals surface area contributed by atoms with E-state index in [1.165, 1.54) is 70.4 Å². The van der Waals surface area contributed by atoms with Gasteiger partial charge in [-0.3, -0.25) is 14.4 Å². The number of imidazole rings is 1. The number of esters is 1. The zero-order valence-corrected chi connectivity index (χ0v) is 23.6. The van der Waals surface area contributed by atoms with E-state index in [-0.39, 0.29) is 12.6 Å². The van der Waals surface area contributed by atoms with Crippen molar-refractivity contribution in [3.63, 3.8) is 0 Å². The van der Waals surface area contributed by atoms with E-state index < -0.39 is 24.5 Å². The first kappa shape index (κ1) is 31.0. The number of nitrogens with zero attached hydrogens (tertiary/aromatic N) is 4. The lowest BCUT2D eigenvalue weighted by Crippen LogP contribution is -2.36. The van der Waals surface area contributed by atoms with E-state index in [0.29, 0.717) is 23.1 Å². The van der Waals surface area contributed by atoms with E-state index in [0.717, 1.165) is 25.7 Å².